The van der Waals surface area contributed by atoms with Crippen LogP contribution < -0.4 is 15.1 Å². The molecule has 3 N–H and O–H groups in total. The largest absolute Gasteiger partial charge is 0.506 e. The first-order valence-electron chi connectivity index (χ1n) is 10.2. The standard InChI is InChI=1S/C23H31N3O2/c1-18(2)20-9-7-19(8-10-20)11-12-24-23(28)17-25-13-15-26(16-14-25)21-5-3-4-6-22(21)27/h3-10,18,27H,11-17H2,1-2H3,(H,24,28)/p+1. The van der Waals surface area contributed by atoms with Crippen LogP contribution >= 0.6 is 0 Å². The molecule has 1 saturated heterocycles. The van der Waals surface area contributed by atoms with E-state index in [9.17, 15) is 9.90 Å². The van der Waals surface area contributed by atoms with Crippen LogP contribution in [0.15, 0.2) is 48.5 Å². The summed E-state index contributed by atoms with van der Waals surface area (Å²) in [4.78, 5) is 15.8. The zero-order valence-corrected chi connectivity index (χ0v) is 16.9. The molecule has 2 aromatic rings. The van der Waals surface area contributed by atoms with Crippen molar-refractivity contribution in [2.75, 3.05) is 44.2 Å². The lowest BCUT2D eigenvalue weighted by Crippen LogP contribution is -3.16. The van der Waals surface area contributed by atoms with Gasteiger partial charge in [0.05, 0.1) is 31.9 Å². The number of aromatic hydroxyl groups is 1. The number of nitrogens with zero attached hydrogens (tertiary/aromatic N) is 1. The van der Waals surface area contributed by atoms with E-state index in [0.29, 0.717) is 24.8 Å². The highest BCUT2D eigenvalue weighted by Gasteiger charge is 2.23. The summed E-state index contributed by atoms with van der Waals surface area (Å²) in [6.45, 7) is 9.08. The van der Waals surface area contributed by atoms with E-state index in [1.807, 2.05) is 18.2 Å². The maximum atomic E-state index is 12.3. The third-order valence-electron chi connectivity index (χ3n) is 5.49. The number of nitrogens with one attached hydrogen (secondary N) is 2. The lowest BCUT2D eigenvalue weighted by Gasteiger charge is -2.33. The fourth-order valence-electron chi connectivity index (χ4n) is 3.68. The lowest BCUT2D eigenvalue weighted by atomic mass is 10.0. The summed E-state index contributed by atoms with van der Waals surface area (Å²) in [5, 5.41) is 13.0. The second-order valence-corrected chi connectivity index (χ2v) is 7.90. The van der Waals surface area contributed by atoms with Gasteiger partial charge in [0.15, 0.2) is 6.54 Å². The SMILES string of the molecule is CC(C)c1ccc(CCNC(=O)C[NH+]2CCN(c3ccccc3O)CC2)cc1. The van der Waals surface area contributed by atoms with Crippen molar-refractivity contribution in [1.29, 1.82) is 0 Å². The van der Waals surface area contributed by atoms with E-state index >= 15 is 0 Å². The van der Waals surface area contributed by atoms with Gasteiger partial charge in [-0.3, -0.25) is 4.79 Å². The number of hydrogen-bond donors (Lipinski definition) is 3. The van der Waals surface area contributed by atoms with Crippen LogP contribution in [0.1, 0.15) is 30.9 Å². The van der Waals surface area contributed by atoms with E-state index in [4.69, 9.17) is 0 Å². The van der Waals surface area contributed by atoms with Gasteiger partial charge in [0.2, 0.25) is 0 Å². The Kier molecular flexibility index (Phi) is 6.93. The first-order chi connectivity index (χ1) is 13.5. The monoisotopic (exact) mass is 382 g/mol. The summed E-state index contributed by atoms with van der Waals surface area (Å²) in [6, 6.07) is 16.1. The van der Waals surface area contributed by atoms with Crippen LogP contribution in [0.3, 0.4) is 0 Å². The number of para-hydroxylation sites is 2. The average Bonchev–Trinajstić information content (AvgIpc) is 2.69. The minimum absolute atomic E-state index is 0.116. The molecule has 0 aromatic heterocycles. The molecular weight excluding hydrogens is 350 g/mol. The van der Waals surface area contributed by atoms with Gasteiger partial charge in [0, 0.05) is 6.54 Å². The van der Waals surface area contributed by atoms with Crippen LogP contribution in [0.4, 0.5) is 5.69 Å². The minimum Gasteiger partial charge on any atom is -0.506 e. The fraction of sp³-hybridized carbons (Fsp3) is 0.435. The fourth-order valence-corrected chi connectivity index (χ4v) is 3.68. The number of piperazine rings is 1. The highest BCUT2D eigenvalue weighted by atomic mass is 16.3. The summed E-state index contributed by atoms with van der Waals surface area (Å²) in [6.07, 6.45) is 0.862. The Balaban J connectivity index is 1.37. The highest BCUT2D eigenvalue weighted by Crippen LogP contribution is 2.25. The van der Waals surface area contributed by atoms with E-state index in [-0.39, 0.29) is 5.91 Å². The van der Waals surface area contributed by atoms with Gasteiger partial charge in [0.1, 0.15) is 5.75 Å². The Morgan fingerprint density at radius 1 is 1.11 bits per heavy atom. The molecule has 0 bridgehead atoms. The molecule has 2 aromatic carbocycles. The first kappa shape index (κ1) is 20.2. The van der Waals surface area contributed by atoms with Gasteiger partial charge in [-0.15, -0.1) is 0 Å². The van der Waals surface area contributed by atoms with Crippen molar-refractivity contribution in [2.24, 2.45) is 0 Å². The topological polar surface area (TPSA) is 57.0 Å². The Morgan fingerprint density at radius 3 is 2.43 bits per heavy atom. The van der Waals surface area contributed by atoms with E-state index in [1.165, 1.54) is 16.0 Å². The zero-order chi connectivity index (χ0) is 19.9. The van der Waals surface area contributed by atoms with Crippen LogP contribution in [-0.2, 0) is 11.2 Å². The summed E-state index contributed by atoms with van der Waals surface area (Å²) in [5.41, 5.74) is 3.49. The molecule has 0 unspecified atom stereocenters. The Bertz CT molecular complexity index is 766. The van der Waals surface area contributed by atoms with Crippen molar-refractivity contribution in [3.05, 3.63) is 59.7 Å². The predicted molar refractivity (Wildman–Crippen MR) is 113 cm³/mol. The second-order valence-electron chi connectivity index (χ2n) is 7.90. The summed E-state index contributed by atoms with van der Waals surface area (Å²) in [5.74, 6) is 0.984. The van der Waals surface area contributed by atoms with Crippen molar-refractivity contribution in [1.82, 2.24) is 5.32 Å². The van der Waals surface area contributed by atoms with Gasteiger partial charge in [-0.25, -0.2) is 0 Å². The van der Waals surface area contributed by atoms with Crippen LogP contribution in [0.5, 0.6) is 5.75 Å². The van der Waals surface area contributed by atoms with Gasteiger partial charge in [-0.05, 0) is 35.6 Å². The molecule has 0 spiro atoms. The van der Waals surface area contributed by atoms with E-state index in [1.54, 1.807) is 6.07 Å². The summed E-state index contributed by atoms with van der Waals surface area (Å²) in [7, 11) is 0. The first-order valence-corrected chi connectivity index (χ1v) is 10.2. The number of phenols is 1. The van der Waals surface area contributed by atoms with Crippen molar-refractivity contribution in [2.45, 2.75) is 26.2 Å². The van der Waals surface area contributed by atoms with Crippen LogP contribution in [0.25, 0.3) is 0 Å². The van der Waals surface area contributed by atoms with Crippen molar-refractivity contribution in [3.63, 3.8) is 0 Å². The molecule has 0 saturated carbocycles. The molecule has 1 amide bonds. The molecule has 1 heterocycles. The Morgan fingerprint density at radius 2 is 1.79 bits per heavy atom. The molecule has 1 aliphatic heterocycles. The van der Waals surface area contributed by atoms with Gasteiger partial charge in [-0.2, -0.15) is 0 Å². The maximum Gasteiger partial charge on any atom is 0.275 e. The number of rotatable bonds is 7. The number of amides is 1. The lowest BCUT2D eigenvalue weighted by molar-refractivity contribution is -0.892. The number of carbonyl (C=O) groups excluding carboxylic acids is 1. The summed E-state index contributed by atoms with van der Waals surface area (Å²) < 4.78 is 0. The van der Waals surface area contributed by atoms with E-state index < -0.39 is 0 Å². The van der Waals surface area contributed by atoms with Gasteiger partial charge in [-0.1, -0.05) is 50.2 Å². The number of anilines is 1. The van der Waals surface area contributed by atoms with Crippen LogP contribution in [0, 0.1) is 0 Å². The van der Waals surface area contributed by atoms with Crippen LogP contribution in [0.2, 0.25) is 0 Å². The van der Waals surface area contributed by atoms with E-state index in [0.717, 1.165) is 38.3 Å². The number of carbonyl (C=O) groups is 1. The molecule has 28 heavy (non-hydrogen) atoms. The second kappa shape index (κ2) is 9.60. The number of phenolic OH excluding ortho intramolecular Hbond substituents is 1. The third kappa shape index (κ3) is 5.49. The molecule has 1 aliphatic rings. The maximum absolute atomic E-state index is 12.3. The van der Waals surface area contributed by atoms with Crippen molar-refractivity contribution in [3.8, 4) is 5.75 Å². The Labute approximate surface area is 168 Å². The molecular formula is C23H32N3O2+. The molecule has 0 radical (unpaired) electrons. The smallest absolute Gasteiger partial charge is 0.275 e. The summed E-state index contributed by atoms with van der Waals surface area (Å²) >= 11 is 0. The molecule has 3 rings (SSSR count). The third-order valence-corrected chi connectivity index (χ3v) is 5.49. The molecule has 5 heteroatoms. The number of hydrogen-bond acceptors (Lipinski definition) is 3. The molecule has 0 aliphatic carbocycles. The number of quaternary nitrogens is 1. The molecule has 5 nitrogen and oxygen atoms in total. The average molecular weight is 383 g/mol. The molecule has 1 fully saturated rings. The van der Waals surface area contributed by atoms with E-state index in [2.05, 4.69) is 48.3 Å². The highest BCUT2D eigenvalue weighted by molar-refractivity contribution is 5.76. The quantitative estimate of drug-likeness (QED) is 0.682. The minimum atomic E-state index is 0.116. The molecule has 0 atom stereocenters. The Hall–Kier alpha value is -2.53. The van der Waals surface area contributed by atoms with Crippen molar-refractivity contribution < 1.29 is 14.8 Å². The number of benzene rings is 2. The van der Waals surface area contributed by atoms with Gasteiger partial charge < -0.3 is 20.2 Å². The van der Waals surface area contributed by atoms with Gasteiger partial charge >= 0.3 is 0 Å². The molecule has 150 valence electrons. The van der Waals surface area contributed by atoms with Crippen molar-refractivity contribution >= 4 is 11.6 Å². The zero-order valence-electron chi connectivity index (χ0n) is 16.9. The van der Waals surface area contributed by atoms with Crippen LogP contribution in [-0.4, -0.2) is 50.3 Å². The predicted octanol–water partition coefficient (Wildman–Crippen LogP) is 1.58. The van der Waals surface area contributed by atoms with Gasteiger partial charge in [0.25, 0.3) is 5.91 Å². The normalized spacial score (nSPS) is 15.0.